The minimum absolute atomic E-state index is 0.0853. The normalized spacial score (nSPS) is 15.2. The van der Waals surface area contributed by atoms with Crippen molar-refractivity contribution in [1.29, 1.82) is 0 Å². The van der Waals surface area contributed by atoms with Gasteiger partial charge in [-0.25, -0.2) is 4.79 Å². The first-order chi connectivity index (χ1) is 16.5. The van der Waals surface area contributed by atoms with Crippen LogP contribution in [0.25, 0.3) is 11.1 Å². The van der Waals surface area contributed by atoms with E-state index in [-0.39, 0.29) is 25.1 Å². The molecular weight excluding hydrogens is 436 g/mol. The lowest BCUT2D eigenvalue weighted by Crippen LogP contribution is -2.51. The molecule has 1 fully saturated rings. The molecule has 8 nitrogen and oxygen atoms in total. The number of hydrogen-bond donors (Lipinski definition) is 2. The van der Waals surface area contributed by atoms with Crippen LogP contribution in [-0.4, -0.2) is 66.9 Å². The number of rotatable bonds is 11. The van der Waals surface area contributed by atoms with Crippen molar-refractivity contribution in [2.75, 3.05) is 26.9 Å². The van der Waals surface area contributed by atoms with Crippen LogP contribution in [-0.2, 0) is 19.1 Å². The van der Waals surface area contributed by atoms with Crippen molar-refractivity contribution in [3.8, 4) is 11.1 Å². The molecule has 0 heterocycles. The van der Waals surface area contributed by atoms with Crippen molar-refractivity contribution in [2.45, 2.75) is 43.7 Å². The Hall–Kier alpha value is -3.39. The van der Waals surface area contributed by atoms with Gasteiger partial charge in [0.25, 0.3) is 0 Å². The van der Waals surface area contributed by atoms with E-state index in [1.54, 1.807) is 7.11 Å². The second kappa shape index (κ2) is 10.7. The maximum atomic E-state index is 13.1. The Labute approximate surface area is 198 Å². The number of amides is 2. The topological polar surface area (TPSA) is 105 Å². The minimum atomic E-state index is -1.07. The van der Waals surface area contributed by atoms with Crippen LogP contribution in [0, 0.1) is 0 Å². The molecule has 1 unspecified atom stereocenters. The van der Waals surface area contributed by atoms with E-state index >= 15 is 0 Å². The number of methoxy groups -OCH3 is 1. The van der Waals surface area contributed by atoms with Crippen molar-refractivity contribution in [2.24, 2.45) is 0 Å². The number of alkyl carbamates (subject to hydrolysis) is 1. The summed E-state index contributed by atoms with van der Waals surface area (Å²) in [6, 6.07) is 15.2. The minimum Gasteiger partial charge on any atom is -0.480 e. The summed E-state index contributed by atoms with van der Waals surface area (Å²) in [5.41, 5.74) is 4.47. The molecular formula is C26H30N2O6. The van der Waals surface area contributed by atoms with Gasteiger partial charge in [-0.05, 0) is 47.9 Å². The standard InChI is InChI=1S/C26H30N2O6/c1-33-14-6-11-23(25(31)28(15-24(29)30)17-12-13-17)27-26(32)34-16-22-20-9-4-2-7-18(20)19-8-3-5-10-21(19)22/h2-5,7-10,17,22-23H,6,11-16H2,1H3,(H,27,32)(H,29,30). The summed E-state index contributed by atoms with van der Waals surface area (Å²) in [5, 5.41) is 11.9. The highest BCUT2D eigenvalue weighted by Gasteiger charge is 2.37. The Kier molecular flexibility index (Phi) is 7.47. The molecule has 2 aromatic carbocycles. The van der Waals surface area contributed by atoms with Crippen LogP contribution in [0.4, 0.5) is 4.79 Å². The molecule has 34 heavy (non-hydrogen) atoms. The van der Waals surface area contributed by atoms with Crippen molar-refractivity contribution in [3.63, 3.8) is 0 Å². The fourth-order valence-electron chi connectivity index (χ4n) is 4.59. The SMILES string of the molecule is COCCCC(NC(=O)OCC1c2ccccc2-c2ccccc21)C(=O)N(CC(=O)O)C1CC1. The van der Waals surface area contributed by atoms with Gasteiger partial charge in [0.1, 0.15) is 19.2 Å². The first kappa shape index (κ1) is 23.8. The lowest BCUT2D eigenvalue weighted by atomic mass is 9.98. The predicted octanol–water partition coefficient (Wildman–Crippen LogP) is 3.40. The van der Waals surface area contributed by atoms with Crippen LogP contribution in [0.2, 0.25) is 0 Å². The first-order valence-electron chi connectivity index (χ1n) is 11.6. The summed E-state index contributed by atoms with van der Waals surface area (Å²) in [7, 11) is 1.57. The highest BCUT2D eigenvalue weighted by atomic mass is 16.5. The Morgan fingerprint density at radius 2 is 1.68 bits per heavy atom. The van der Waals surface area contributed by atoms with E-state index in [1.807, 2.05) is 36.4 Å². The molecule has 180 valence electrons. The molecule has 2 aromatic rings. The van der Waals surface area contributed by atoms with Gasteiger partial charge in [0.15, 0.2) is 0 Å². The monoisotopic (exact) mass is 466 g/mol. The van der Waals surface area contributed by atoms with Gasteiger partial charge < -0.3 is 24.8 Å². The Bertz CT molecular complexity index is 1010. The van der Waals surface area contributed by atoms with Gasteiger partial charge in [-0.2, -0.15) is 0 Å². The van der Waals surface area contributed by atoms with Crippen molar-refractivity contribution < 1.29 is 29.0 Å². The summed E-state index contributed by atoms with van der Waals surface area (Å²) in [5.74, 6) is -1.55. The fraction of sp³-hybridized carbons (Fsp3) is 0.423. The summed E-state index contributed by atoms with van der Waals surface area (Å²) < 4.78 is 10.7. The van der Waals surface area contributed by atoms with E-state index in [4.69, 9.17) is 9.47 Å². The van der Waals surface area contributed by atoms with Crippen LogP contribution in [0.5, 0.6) is 0 Å². The molecule has 2 N–H and O–H groups in total. The van der Waals surface area contributed by atoms with Crippen LogP contribution >= 0.6 is 0 Å². The maximum Gasteiger partial charge on any atom is 0.407 e. The lowest BCUT2D eigenvalue weighted by Gasteiger charge is -2.26. The van der Waals surface area contributed by atoms with Crippen LogP contribution < -0.4 is 5.32 Å². The fourth-order valence-corrected chi connectivity index (χ4v) is 4.59. The highest BCUT2D eigenvalue weighted by Crippen LogP contribution is 2.44. The molecule has 0 bridgehead atoms. The summed E-state index contributed by atoms with van der Waals surface area (Å²) in [6.07, 6.45) is 1.73. The second-order valence-electron chi connectivity index (χ2n) is 8.75. The van der Waals surface area contributed by atoms with Gasteiger partial charge in [0, 0.05) is 25.7 Å². The number of aliphatic carboxylic acids is 1. The zero-order valence-electron chi connectivity index (χ0n) is 19.2. The van der Waals surface area contributed by atoms with E-state index in [0.717, 1.165) is 35.1 Å². The van der Waals surface area contributed by atoms with Gasteiger partial charge in [0.2, 0.25) is 5.91 Å². The molecule has 0 saturated heterocycles. The number of ether oxygens (including phenoxy) is 2. The average molecular weight is 467 g/mol. The van der Waals surface area contributed by atoms with E-state index in [2.05, 4.69) is 17.4 Å². The van der Waals surface area contributed by atoms with E-state index < -0.39 is 24.0 Å². The molecule has 8 heteroatoms. The Morgan fingerprint density at radius 3 is 2.24 bits per heavy atom. The molecule has 1 saturated carbocycles. The number of hydrogen-bond acceptors (Lipinski definition) is 5. The largest absolute Gasteiger partial charge is 0.480 e. The van der Waals surface area contributed by atoms with Crippen LogP contribution in [0.15, 0.2) is 48.5 Å². The van der Waals surface area contributed by atoms with Gasteiger partial charge >= 0.3 is 12.1 Å². The zero-order valence-corrected chi connectivity index (χ0v) is 19.2. The molecule has 0 radical (unpaired) electrons. The van der Waals surface area contributed by atoms with Crippen molar-refractivity contribution in [3.05, 3.63) is 59.7 Å². The molecule has 0 aromatic heterocycles. The summed E-state index contributed by atoms with van der Waals surface area (Å²) in [6.45, 7) is 0.190. The quantitative estimate of drug-likeness (QED) is 0.492. The number of fused-ring (bicyclic) bond motifs is 3. The third-order valence-electron chi connectivity index (χ3n) is 6.35. The predicted molar refractivity (Wildman–Crippen MR) is 125 cm³/mol. The van der Waals surface area contributed by atoms with Crippen molar-refractivity contribution in [1.82, 2.24) is 10.2 Å². The molecule has 1 atom stereocenters. The van der Waals surface area contributed by atoms with Crippen molar-refractivity contribution >= 4 is 18.0 Å². The molecule has 0 spiro atoms. The van der Waals surface area contributed by atoms with E-state index in [0.29, 0.717) is 19.4 Å². The number of benzene rings is 2. The zero-order chi connectivity index (χ0) is 24.1. The molecule has 0 aliphatic heterocycles. The molecule has 2 aliphatic rings. The average Bonchev–Trinajstić information content (AvgIpc) is 3.63. The van der Waals surface area contributed by atoms with E-state index in [1.165, 1.54) is 4.90 Å². The second-order valence-corrected chi connectivity index (χ2v) is 8.75. The van der Waals surface area contributed by atoms with Gasteiger partial charge in [-0.15, -0.1) is 0 Å². The van der Waals surface area contributed by atoms with Gasteiger partial charge in [0.05, 0.1) is 0 Å². The summed E-state index contributed by atoms with van der Waals surface area (Å²) in [4.78, 5) is 38.5. The smallest absolute Gasteiger partial charge is 0.407 e. The molecule has 2 amide bonds. The number of carboxylic acids is 1. The Morgan fingerprint density at radius 1 is 1.06 bits per heavy atom. The molecule has 2 aliphatic carbocycles. The Balaban J connectivity index is 1.43. The number of carbonyl (C=O) groups is 3. The third-order valence-corrected chi connectivity index (χ3v) is 6.35. The highest BCUT2D eigenvalue weighted by molar-refractivity contribution is 5.88. The number of carbonyl (C=O) groups excluding carboxylic acids is 2. The number of nitrogens with one attached hydrogen (secondary N) is 1. The van der Waals surface area contributed by atoms with Crippen LogP contribution in [0.3, 0.4) is 0 Å². The first-order valence-corrected chi connectivity index (χ1v) is 11.6. The van der Waals surface area contributed by atoms with Gasteiger partial charge in [-0.1, -0.05) is 48.5 Å². The van der Waals surface area contributed by atoms with Crippen LogP contribution in [0.1, 0.15) is 42.7 Å². The number of carboxylic acid groups (broad SMARTS) is 1. The third kappa shape index (κ3) is 5.39. The molecule has 4 rings (SSSR count). The summed E-state index contributed by atoms with van der Waals surface area (Å²) >= 11 is 0. The van der Waals surface area contributed by atoms with Gasteiger partial charge in [-0.3, -0.25) is 9.59 Å². The number of nitrogens with zero attached hydrogens (tertiary/aromatic N) is 1. The lowest BCUT2D eigenvalue weighted by molar-refractivity contribution is -0.145. The maximum absolute atomic E-state index is 13.1. The van der Waals surface area contributed by atoms with E-state index in [9.17, 15) is 19.5 Å².